The van der Waals surface area contributed by atoms with Gasteiger partial charge in [-0.05, 0) is 38.4 Å². The molecule has 2 fully saturated rings. The third-order valence-corrected chi connectivity index (χ3v) is 6.49. The highest BCUT2D eigenvalue weighted by molar-refractivity contribution is 6.31. The number of morpholine rings is 1. The fourth-order valence-electron chi connectivity index (χ4n) is 4.33. The van der Waals surface area contributed by atoms with Crippen LogP contribution in [0.3, 0.4) is 0 Å². The number of aromatic nitrogens is 2. The second kappa shape index (κ2) is 9.41. The Hall–Kier alpha value is -2.02. The van der Waals surface area contributed by atoms with Crippen LogP contribution in [0.4, 0.5) is 0 Å². The first-order valence-electron chi connectivity index (χ1n) is 10.7. The summed E-state index contributed by atoms with van der Waals surface area (Å²) in [6.45, 7) is 9.34. The summed E-state index contributed by atoms with van der Waals surface area (Å²) in [5, 5.41) is 0.818. The molecule has 2 saturated heterocycles. The molecule has 6 nitrogen and oxygen atoms in total. The van der Waals surface area contributed by atoms with Crippen molar-refractivity contribution in [2.75, 3.05) is 39.4 Å². The van der Waals surface area contributed by atoms with E-state index in [1.54, 1.807) is 0 Å². The van der Waals surface area contributed by atoms with Crippen molar-refractivity contribution in [1.29, 1.82) is 0 Å². The average Bonchev–Trinajstić information content (AvgIpc) is 3.21. The molecule has 0 radical (unpaired) electrons. The monoisotopic (exact) mass is 428 g/mol. The van der Waals surface area contributed by atoms with Crippen molar-refractivity contribution >= 4 is 17.5 Å². The lowest BCUT2D eigenvalue weighted by Crippen LogP contribution is -2.41. The first-order chi connectivity index (χ1) is 14.5. The van der Waals surface area contributed by atoms with Crippen molar-refractivity contribution < 1.29 is 9.53 Å². The lowest BCUT2D eigenvalue weighted by Gasteiger charge is -2.27. The van der Waals surface area contributed by atoms with Gasteiger partial charge in [-0.1, -0.05) is 29.8 Å². The third-order valence-electron chi connectivity index (χ3n) is 6.12. The molecular formula is C23H29ClN4O2. The zero-order valence-electron chi connectivity index (χ0n) is 17.7. The van der Waals surface area contributed by atoms with Gasteiger partial charge in [0, 0.05) is 54.1 Å². The second-order valence-corrected chi connectivity index (χ2v) is 8.62. The maximum Gasteiger partial charge on any atom is 0.227 e. The number of hydrogen-bond acceptors (Lipinski definition) is 5. The normalized spacial score (nSPS) is 20.0. The lowest BCUT2D eigenvalue weighted by atomic mass is 10.0. The molecule has 0 saturated carbocycles. The summed E-state index contributed by atoms with van der Waals surface area (Å²) >= 11 is 6.32. The number of nitrogens with zero attached hydrogens (tertiary/aromatic N) is 4. The summed E-state index contributed by atoms with van der Waals surface area (Å²) in [6, 6.07) is 8.02. The Kier molecular flexibility index (Phi) is 6.66. The molecule has 4 rings (SSSR count). The number of rotatable bonds is 5. The molecule has 2 aliphatic rings. The summed E-state index contributed by atoms with van der Waals surface area (Å²) in [5.74, 6) is 1.34. The van der Waals surface area contributed by atoms with Crippen LogP contribution < -0.4 is 0 Å². The van der Waals surface area contributed by atoms with Crippen molar-refractivity contribution in [2.24, 2.45) is 0 Å². The van der Waals surface area contributed by atoms with E-state index in [1.165, 1.54) is 0 Å². The molecule has 1 atom stereocenters. The summed E-state index contributed by atoms with van der Waals surface area (Å²) in [5.41, 5.74) is 3.96. The molecule has 0 N–H and O–H groups in total. The Bertz CT molecular complexity index is 891. The molecule has 0 unspecified atom stereocenters. The van der Waals surface area contributed by atoms with Gasteiger partial charge in [-0.3, -0.25) is 9.69 Å². The molecule has 160 valence electrons. The van der Waals surface area contributed by atoms with E-state index in [0.29, 0.717) is 38.6 Å². The largest absolute Gasteiger partial charge is 0.378 e. The fraction of sp³-hybridized carbons (Fsp3) is 0.522. The number of aryl methyl sites for hydroxylation is 2. The predicted octanol–water partition coefficient (Wildman–Crippen LogP) is 3.14. The minimum absolute atomic E-state index is 0.132. The Labute approximate surface area is 183 Å². The van der Waals surface area contributed by atoms with Gasteiger partial charge in [-0.2, -0.15) is 0 Å². The lowest BCUT2D eigenvalue weighted by molar-refractivity contribution is -0.134. The van der Waals surface area contributed by atoms with E-state index >= 15 is 0 Å². The van der Waals surface area contributed by atoms with Crippen LogP contribution in [0.15, 0.2) is 24.3 Å². The van der Waals surface area contributed by atoms with Gasteiger partial charge in [-0.15, -0.1) is 0 Å². The molecular weight excluding hydrogens is 400 g/mol. The summed E-state index contributed by atoms with van der Waals surface area (Å²) in [4.78, 5) is 26.6. The van der Waals surface area contributed by atoms with Crippen LogP contribution >= 0.6 is 11.6 Å². The second-order valence-electron chi connectivity index (χ2n) is 8.21. The molecule has 1 aromatic heterocycles. The van der Waals surface area contributed by atoms with Crippen LogP contribution in [-0.2, 0) is 22.5 Å². The predicted molar refractivity (Wildman–Crippen MR) is 117 cm³/mol. The van der Waals surface area contributed by atoms with Gasteiger partial charge in [-0.25, -0.2) is 9.97 Å². The molecule has 0 aliphatic carbocycles. The van der Waals surface area contributed by atoms with Crippen LogP contribution in [0.5, 0.6) is 0 Å². The van der Waals surface area contributed by atoms with Crippen molar-refractivity contribution in [2.45, 2.75) is 39.2 Å². The SMILES string of the molecule is Cc1nc([C@@H]2CCN(Cc3ccccc3Cl)C2)nc(C)c1CC(=O)N1CCOCC1. The Morgan fingerprint density at radius 3 is 2.53 bits per heavy atom. The van der Waals surface area contributed by atoms with Gasteiger partial charge in [0.1, 0.15) is 5.82 Å². The van der Waals surface area contributed by atoms with Gasteiger partial charge in [0.25, 0.3) is 0 Å². The highest BCUT2D eigenvalue weighted by Gasteiger charge is 2.28. The van der Waals surface area contributed by atoms with Crippen LogP contribution in [0.1, 0.15) is 40.7 Å². The summed E-state index contributed by atoms with van der Waals surface area (Å²) < 4.78 is 5.34. The molecule has 1 amide bonds. The smallest absolute Gasteiger partial charge is 0.227 e. The molecule has 2 aromatic rings. The molecule has 2 aliphatic heterocycles. The summed E-state index contributed by atoms with van der Waals surface area (Å²) in [7, 11) is 0. The van der Waals surface area contributed by atoms with E-state index in [-0.39, 0.29) is 5.91 Å². The van der Waals surface area contributed by atoms with Crippen molar-refractivity contribution in [3.05, 3.63) is 57.6 Å². The maximum absolute atomic E-state index is 12.7. The number of amides is 1. The standard InChI is InChI=1S/C23H29ClN4O2/c1-16-20(13-22(29)28-9-11-30-12-10-28)17(2)26-23(25-16)19-7-8-27(15-19)14-18-5-3-4-6-21(18)24/h3-6,19H,7-15H2,1-2H3/t19-/m1/s1. The van der Waals surface area contributed by atoms with Gasteiger partial charge in [0.05, 0.1) is 19.6 Å². The number of ether oxygens (including phenoxy) is 1. The van der Waals surface area contributed by atoms with Gasteiger partial charge in [0.15, 0.2) is 0 Å². The number of carbonyl (C=O) groups is 1. The van der Waals surface area contributed by atoms with Gasteiger partial charge < -0.3 is 9.64 Å². The molecule has 1 aromatic carbocycles. The van der Waals surface area contributed by atoms with E-state index in [0.717, 1.165) is 59.4 Å². The molecule has 0 bridgehead atoms. The first-order valence-corrected chi connectivity index (χ1v) is 11.0. The van der Waals surface area contributed by atoms with Crippen molar-refractivity contribution in [1.82, 2.24) is 19.8 Å². The first kappa shape index (κ1) is 21.2. The van der Waals surface area contributed by atoms with Crippen LogP contribution in [-0.4, -0.2) is 65.1 Å². The number of benzene rings is 1. The van der Waals surface area contributed by atoms with Crippen molar-refractivity contribution in [3.63, 3.8) is 0 Å². The number of halogens is 1. The Balaban J connectivity index is 1.41. The third kappa shape index (κ3) is 4.82. The Morgan fingerprint density at radius 2 is 1.83 bits per heavy atom. The zero-order chi connectivity index (χ0) is 21.1. The van der Waals surface area contributed by atoms with Crippen LogP contribution in [0.2, 0.25) is 5.02 Å². The van der Waals surface area contributed by atoms with E-state index < -0.39 is 0 Å². The van der Waals surface area contributed by atoms with Gasteiger partial charge in [0.2, 0.25) is 5.91 Å². The average molecular weight is 429 g/mol. The minimum atomic E-state index is 0.132. The highest BCUT2D eigenvalue weighted by atomic mass is 35.5. The highest BCUT2D eigenvalue weighted by Crippen LogP contribution is 2.28. The topological polar surface area (TPSA) is 58.6 Å². The molecule has 30 heavy (non-hydrogen) atoms. The van der Waals surface area contributed by atoms with E-state index in [9.17, 15) is 4.79 Å². The number of hydrogen-bond donors (Lipinski definition) is 0. The quantitative estimate of drug-likeness (QED) is 0.732. The molecule has 0 spiro atoms. The van der Waals surface area contributed by atoms with Crippen LogP contribution in [0.25, 0.3) is 0 Å². The number of carbonyl (C=O) groups excluding carboxylic acids is 1. The fourth-order valence-corrected chi connectivity index (χ4v) is 4.53. The van der Waals surface area contributed by atoms with E-state index in [1.807, 2.05) is 36.9 Å². The maximum atomic E-state index is 12.7. The minimum Gasteiger partial charge on any atom is -0.378 e. The Morgan fingerprint density at radius 1 is 1.13 bits per heavy atom. The van der Waals surface area contributed by atoms with E-state index in [4.69, 9.17) is 26.3 Å². The zero-order valence-corrected chi connectivity index (χ0v) is 18.5. The molecule has 3 heterocycles. The van der Waals surface area contributed by atoms with E-state index in [2.05, 4.69) is 11.0 Å². The van der Waals surface area contributed by atoms with Crippen molar-refractivity contribution in [3.8, 4) is 0 Å². The van der Waals surface area contributed by atoms with Gasteiger partial charge >= 0.3 is 0 Å². The summed E-state index contributed by atoms with van der Waals surface area (Å²) in [6.07, 6.45) is 1.40. The number of likely N-dealkylation sites (tertiary alicyclic amines) is 1. The molecule has 7 heteroatoms. The van der Waals surface area contributed by atoms with Crippen LogP contribution in [0, 0.1) is 13.8 Å².